The van der Waals surface area contributed by atoms with Crippen molar-refractivity contribution >= 4 is 25.8 Å². The Bertz CT molecular complexity index is 475. The molecule has 1 aromatic carbocycles. The molecule has 0 fully saturated rings. The van der Waals surface area contributed by atoms with E-state index in [9.17, 15) is 8.42 Å². The molecule has 1 rings (SSSR count). The summed E-state index contributed by atoms with van der Waals surface area (Å²) in [7, 11) is -2.98. The molecule has 0 saturated heterocycles. The third kappa shape index (κ3) is 5.27. The van der Waals surface area contributed by atoms with Gasteiger partial charge in [0, 0.05) is 4.83 Å². The second-order valence-electron chi connectivity index (χ2n) is 5.81. The average molecular weight is 347 g/mol. The van der Waals surface area contributed by atoms with Crippen molar-refractivity contribution in [3.63, 3.8) is 0 Å². The number of sulfone groups is 1. The minimum absolute atomic E-state index is 0.283. The lowest BCUT2D eigenvalue weighted by Crippen LogP contribution is -2.30. The summed E-state index contributed by atoms with van der Waals surface area (Å²) < 4.78 is 23.3. The van der Waals surface area contributed by atoms with Crippen LogP contribution < -0.4 is 0 Å². The van der Waals surface area contributed by atoms with E-state index in [1.165, 1.54) is 5.56 Å². The molecule has 0 amide bonds. The molecule has 4 heteroatoms. The van der Waals surface area contributed by atoms with Crippen molar-refractivity contribution in [3.8, 4) is 0 Å². The van der Waals surface area contributed by atoms with Gasteiger partial charge in [-0.25, -0.2) is 8.42 Å². The van der Waals surface area contributed by atoms with E-state index in [4.69, 9.17) is 0 Å². The van der Waals surface area contributed by atoms with Crippen molar-refractivity contribution in [3.05, 3.63) is 35.9 Å². The largest absolute Gasteiger partial charge is 0.228 e. The van der Waals surface area contributed by atoms with Gasteiger partial charge in [-0.05, 0) is 39.2 Å². The van der Waals surface area contributed by atoms with Crippen molar-refractivity contribution in [2.45, 2.75) is 49.6 Å². The van der Waals surface area contributed by atoms with E-state index in [0.29, 0.717) is 4.83 Å². The second kappa shape index (κ2) is 6.89. The molecule has 0 heterocycles. The normalized spacial score (nSPS) is 14.3. The van der Waals surface area contributed by atoms with Gasteiger partial charge in [0.2, 0.25) is 0 Å². The van der Waals surface area contributed by atoms with Crippen LogP contribution in [0.3, 0.4) is 0 Å². The summed E-state index contributed by atoms with van der Waals surface area (Å²) in [6.07, 6.45) is 2.61. The van der Waals surface area contributed by atoms with Gasteiger partial charge < -0.3 is 0 Å². The molecular weight excluding hydrogens is 324 g/mol. The van der Waals surface area contributed by atoms with Gasteiger partial charge in [0.25, 0.3) is 0 Å². The van der Waals surface area contributed by atoms with Gasteiger partial charge in [0.15, 0.2) is 9.84 Å². The van der Waals surface area contributed by atoms with Gasteiger partial charge in [0.05, 0.1) is 10.5 Å². The predicted octanol–water partition coefficient (Wildman–Crippen LogP) is 4.51. The zero-order chi connectivity index (χ0) is 14.5. The van der Waals surface area contributed by atoms with E-state index in [1.54, 1.807) is 20.8 Å². The lowest BCUT2D eigenvalue weighted by Gasteiger charge is -2.19. The van der Waals surface area contributed by atoms with Crippen molar-refractivity contribution in [1.29, 1.82) is 0 Å². The third-order valence-corrected chi connectivity index (χ3v) is 6.89. The number of hydrogen-bond acceptors (Lipinski definition) is 2. The first-order valence-corrected chi connectivity index (χ1v) is 9.22. The van der Waals surface area contributed by atoms with Crippen molar-refractivity contribution in [1.82, 2.24) is 0 Å². The lowest BCUT2D eigenvalue weighted by molar-refractivity contribution is 0.554. The Balaban J connectivity index is 2.36. The number of alkyl halides is 1. The molecule has 0 radical (unpaired) electrons. The van der Waals surface area contributed by atoms with E-state index < -0.39 is 14.6 Å². The topological polar surface area (TPSA) is 34.1 Å². The highest BCUT2D eigenvalue weighted by Crippen LogP contribution is 2.28. The third-order valence-electron chi connectivity index (χ3n) is 3.21. The van der Waals surface area contributed by atoms with E-state index in [-0.39, 0.29) is 5.75 Å². The molecule has 0 spiro atoms. The molecule has 0 aliphatic carbocycles. The minimum atomic E-state index is -2.98. The Labute approximate surface area is 125 Å². The van der Waals surface area contributed by atoms with E-state index in [1.807, 2.05) is 18.2 Å². The zero-order valence-electron chi connectivity index (χ0n) is 11.9. The van der Waals surface area contributed by atoms with E-state index in [2.05, 4.69) is 28.1 Å². The first-order chi connectivity index (χ1) is 8.74. The van der Waals surface area contributed by atoms with E-state index in [0.717, 1.165) is 19.3 Å². The molecule has 108 valence electrons. The average Bonchev–Trinajstić information content (AvgIpc) is 2.34. The quantitative estimate of drug-likeness (QED) is 0.561. The van der Waals surface area contributed by atoms with Crippen LogP contribution in [0.25, 0.3) is 0 Å². The maximum atomic E-state index is 12.0. The molecule has 0 aliphatic heterocycles. The molecule has 0 aliphatic rings. The molecular formula is C15H23BrO2S. The van der Waals surface area contributed by atoms with Crippen molar-refractivity contribution < 1.29 is 8.42 Å². The predicted molar refractivity (Wildman–Crippen MR) is 85.5 cm³/mol. The Kier molecular flexibility index (Phi) is 6.06. The van der Waals surface area contributed by atoms with Gasteiger partial charge in [-0.15, -0.1) is 0 Å². The molecule has 0 N–H and O–H groups in total. The smallest absolute Gasteiger partial charge is 0.155 e. The molecule has 1 atom stereocenters. The minimum Gasteiger partial charge on any atom is -0.228 e. The Morgan fingerprint density at radius 2 is 1.68 bits per heavy atom. The summed E-state index contributed by atoms with van der Waals surface area (Å²) in [5.74, 6) is 0.283. The first kappa shape index (κ1) is 16.7. The molecule has 19 heavy (non-hydrogen) atoms. The lowest BCUT2D eigenvalue weighted by atomic mass is 10.1. The fraction of sp³-hybridized carbons (Fsp3) is 0.600. The Hall–Kier alpha value is -0.350. The van der Waals surface area contributed by atoms with Crippen LogP contribution in [0.2, 0.25) is 0 Å². The Morgan fingerprint density at radius 3 is 2.21 bits per heavy atom. The highest BCUT2D eigenvalue weighted by atomic mass is 79.9. The summed E-state index contributed by atoms with van der Waals surface area (Å²) in [5, 5.41) is 0. The fourth-order valence-corrected chi connectivity index (χ4v) is 3.58. The molecule has 1 aromatic rings. The van der Waals surface area contributed by atoms with Gasteiger partial charge in [-0.3, -0.25) is 0 Å². The van der Waals surface area contributed by atoms with Crippen molar-refractivity contribution in [2.24, 2.45) is 0 Å². The number of benzene rings is 1. The van der Waals surface area contributed by atoms with Crippen LogP contribution in [-0.2, 0) is 9.84 Å². The van der Waals surface area contributed by atoms with Gasteiger partial charge in [-0.2, -0.15) is 0 Å². The fourth-order valence-electron chi connectivity index (χ4n) is 1.75. The summed E-state index contributed by atoms with van der Waals surface area (Å²) in [6, 6.07) is 10.2. The van der Waals surface area contributed by atoms with Crippen LogP contribution in [-0.4, -0.2) is 18.9 Å². The van der Waals surface area contributed by atoms with Crippen LogP contribution in [0.15, 0.2) is 30.3 Å². The van der Waals surface area contributed by atoms with Crippen LogP contribution in [0.4, 0.5) is 0 Å². The van der Waals surface area contributed by atoms with Crippen LogP contribution >= 0.6 is 15.9 Å². The highest BCUT2D eigenvalue weighted by Gasteiger charge is 2.28. The highest BCUT2D eigenvalue weighted by molar-refractivity contribution is 9.09. The van der Waals surface area contributed by atoms with Crippen LogP contribution in [0.5, 0.6) is 0 Å². The number of halogens is 1. The Morgan fingerprint density at radius 1 is 1.11 bits per heavy atom. The molecule has 0 bridgehead atoms. The van der Waals surface area contributed by atoms with Crippen molar-refractivity contribution in [2.75, 3.05) is 5.75 Å². The number of rotatable bonds is 6. The maximum Gasteiger partial charge on any atom is 0.155 e. The monoisotopic (exact) mass is 346 g/mol. The molecule has 1 unspecified atom stereocenters. The van der Waals surface area contributed by atoms with Gasteiger partial charge in [0.1, 0.15) is 0 Å². The summed E-state index contributed by atoms with van der Waals surface area (Å²) in [4.78, 5) is 0.311. The second-order valence-corrected chi connectivity index (χ2v) is 9.77. The summed E-state index contributed by atoms with van der Waals surface area (Å²) >= 11 is 3.66. The number of unbranched alkanes of at least 4 members (excludes halogenated alkanes) is 1. The zero-order valence-corrected chi connectivity index (χ0v) is 14.3. The first-order valence-electron chi connectivity index (χ1n) is 6.65. The molecule has 2 nitrogen and oxygen atoms in total. The summed E-state index contributed by atoms with van der Waals surface area (Å²) in [6.45, 7) is 5.29. The van der Waals surface area contributed by atoms with Gasteiger partial charge in [-0.1, -0.05) is 52.7 Å². The molecule has 0 saturated carbocycles. The van der Waals surface area contributed by atoms with Gasteiger partial charge >= 0.3 is 0 Å². The SMILES string of the molecule is CC(C)(C)S(=O)(=O)CCCCC(Br)c1ccccc1. The maximum absolute atomic E-state index is 12.0. The molecule has 0 aromatic heterocycles. The van der Waals surface area contributed by atoms with Crippen LogP contribution in [0, 0.1) is 0 Å². The number of hydrogen-bond donors (Lipinski definition) is 0. The van der Waals surface area contributed by atoms with Crippen LogP contribution in [0.1, 0.15) is 50.4 Å². The summed E-state index contributed by atoms with van der Waals surface area (Å²) in [5.41, 5.74) is 1.25. The van der Waals surface area contributed by atoms with E-state index >= 15 is 0 Å². The standard InChI is InChI=1S/C15H23BrO2S/c1-15(2,3)19(17,18)12-8-7-11-14(16)13-9-5-4-6-10-13/h4-6,9-10,14H,7-8,11-12H2,1-3H3.